The van der Waals surface area contributed by atoms with Crippen molar-refractivity contribution in [1.29, 1.82) is 0 Å². The Hall–Kier alpha value is -10.7. The zero-order valence-corrected chi connectivity index (χ0v) is 48.6. The molecule has 0 atom stereocenters. The fourth-order valence-electron chi connectivity index (χ4n) is 10.4. The normalized spacial score (nSPS) is 14.0. The van der Waals surface area contributed by atoms with Gasteiger partial charge in [-0.3, -0.25) is 0 Å². The number of pyridine rings is 4. The number of ether oxygens (including phenoxy) is 8. The number of nitrogens with zero attached hydrogens (tertiary/aromatic N) is 4. The van der Waals surface area contributed by atoms with Gasteiger partial charge in [-0.25, -0.2) is 19.9 Å². The molecule has 12 nitrogen and oxygen atoms in total. The van der Waals surface area contributed by atoms with Gasteiger partial charge in [0.15, 0.2) is 0 Å². The Morgan fingerprint density at radius 1 is 0.182 bits per heavy atom. The van der Waals surface area contributed by atoms with E-state index in [4.69, 9.17) is 57.8 Å². The minimum absolute atomic E-state index is 0.436. The molecule has 20 rings (SSSR count). The molecule has 8 aliphatic heterocycles. The molecule has 88 heavy (non-hydrogen) atoms. The average molecular weight is 1160 g/mol. The van der Waals surface area contributed by atoms with E-state index in [-0.39, 0.29) is 0 Å². The summed E-state index contributed by atoms with van der Waals surface area (Å²) in [5, 5.41) is 4.21. The van der Waals surface area contributed by atoms with E-state index in [0.29, 0.717) is 52.9 Å². The van der Waals surface area contributed by atoms with Gasteiger partial charge in [0, 0.05) is 43.8 Å². The Bertz CT molecular complexity index is 4080. The van der Waals surface area contributed by atoms with E-state index >= 15 is 0 Å². The lowest BCUT2D eigenvalue weighted by molar-refractivity contribution is 0.217. The lowest BCUT2D eigenvalue weighted by atomic mass is 10.1. The van der Waals surface area contributed by atoms with E-state index in [1.165, 1.54) is 0 Å². The quantitative estimate of drug-likeness (QED) is 0.106. The van der Waals surface area contributed by atoms with Crippen LogP contribution in [0.25, 0.3) is 88.6 Å². The van der Waals surface area contributed by atoms with Gasteiger partial charge in [-0.05, 0) is 196 Å². The first-order valence-corrected chi connectivity index (χ1v) is 29.9. The first-order valence-electron chi connectivity index (χ1n) is 29.9. The number of hydrogen-bond donors (Lipinski definition) is 0. The van der Waals surface area contributed by atoms with E-state index in [1.54, 1.807) is 0 Å². The largest absolute Gasteiger partial charge is 0.493 e. The van der Waals surface area contributed by atoms with Crippen molar-refractivity contribution in [2.45, 2.75) is 25.7 Å². The van der Waals surface area contributed by atoms with Crippen molar-refractivity contribution in [3.8, 4) is 91.0 Å². The maximum absolute atomic E-state index is 5.97. The van der Waals surface area contributed by atoms with Gasteiger partial charge in [-0.2, -0.15) is 0 Å². The van der Waals surface area contributed by atoms with Crippen molar-refractivity contribution in [3.63, 3.8) is 0 Å². The maximum Gasteiger partial charge on any atom is 0.122 e. The van der Waals surface area contributed by atoms with E-state index < -0.39 is 0 Å². The molecule has 0 saturated heterocycles. The number of rotatable bonds is 0. The van der Waals surface area contributed by atoms with Crippen molar-refractivity contribution < 1.29 is 37.9 Å². The highest BCUT2D eigenvalue weighted by atomic mass is 16.5. The molecule has 8 aromatic carbocycles. The van der Waals surface area contributed by atoms with Gasteiger partial charge >= 0.3 is 0 Å². The smallest absolute Gasteiger partial charge is 0.122 e. The highest BCUT2D eigenvalue weighted by molar-refractivity contribution is 6.05. The Kier molecular flexibility index (Phi) is 17.7. The van der Waals surface area contributed by atoms with Gasteiger partial charge in [0.2, 0.25) is 0 Å². The Morgan fingerprint density at radius 3 is 0.557 bits per heavy atom. The lowest BCUT2D eigenvalue weighted by Crippen LogP contribution is -2.08. The summed E-state index contributed by atoms with van der Waals surface area (Å²) in [6.45, 7) is 4.20. The van der Waals surface area contributed by atoms with Crippen LogP contribution in [0.1, 0.15) is 25.7 Å². The third-order valence-corrected chi connectivity index (χ3v) is 15.1. The van der Waals surface area contributed by atoms with Crippen LogP contribution in [0.3, 0.4) is 0 Å². The molecule has 20 bridgehead atoms. The van der Waals surface area contributed by atoms with Gasteiger partial charge in [-0.1, -0.05) is 72.8 Å². The summed E-state index contributed by atoms with van der Waals surface area (Å²) in [6.07, 6.45) is 11.8. The topological polar surface area (TPSA) is 125 Å². The third-order valence-electron chi connectivity index (χ3n) is 15.1. The Morgan fingerprint density at radius 2 is 0.352 bits per heavy atom. The molecule has 12 aromatic rings. The van der Waals surface area contributed by atoms with Crippen LogP contribution in [0, 0.1) is 0 Å². The molecule has 0 N–H and O–H groups in total. The molecule has 436 valence electrons. The van der Waals surface area contributed by atoms with Crippen molar-refractivity contribution in [2.75, 3.05) is 52.9 Å². The second-order valence-corrected chi connectivity index (χ2v) is 21.1. The molecular formula is C76H64N4O8. The Labute approximate surface area is 511 Å². The number of hydrogen-bond acceptors (Lipinski definition) is 12. The average Bonchev–Trinajstić information content (AvgIpc) is 1.33. The molecule has 0 saturated carbocycles. The Balaban J connectivity index is 0.000000162. The standard InChI is InChI=1S/2C38H32N2O4/c2*1-2-4-24-42-33-17-19-34(20-18-33)44-26-25-43-32-15-9-28(10-16-32)36-22-12-30-6-5-29-11-21-35(39-37(29)38(30)40-36)27-7-13-31(14-8-27)41-23-3-1/h2*1-2,5-22H,3-4,23-26H2. The van der Waals surface area contributed by atoms with Crippen LogP contribution in [0.4, 0.5) is 0 Å². The monoisotopic (exact) mass is 1160 g/mol. The lowest BCUT2D eigenvalue weighted by Gasteiger charge is -2.11. The summed E-state index contributed by atoms with van der Waals surface area (Å²) < 4.78 is 47.2. The highest BCUT2D eigenvalue weighted by Crippen LogP contribution is 2.33. The van der Waals surface area contributed by atoms with Gasteiger partial charge < -0.3 is 37.9 Å². The van der Waals surface area contributed by atoms with Gasteiger partial charge in [-0.15, -0.1) is 0 Å². The van der Waals surface area contributed by atoms with E-state index in [9.17, 15) is 0 Å². The minimum atomic E-state index is 0.436. The number of fused-ring (bicyclic) bond motifs is 6. The third kappa shape index (κ3) is 14.2. The second kappa shape index (κ2) is 27.5. The number of aromatic nitrogens is 4. The second-order valence-electron chi connectivity index (χ2n) is 21.1. The molecule has 0 amide bonds. The molecule has 0 unspecified atom stereocenters. The van der Waals surface area contributed by atoms with Crippen molar-refractivity contribution in [3.05, 3.63) is 243 Å². The summed E-state index contributed by atoms with van der Waals surface area (Å²) in [4.78, 5) is 20.3. The maximum atomic E-state index is 5.97. The molecule has 0 aliphatic carbocycles. The van der Waals surface area contributed by atoms with Gasteiger partial charge in [0.05, 0.1) is 71.3 Å². The summed E-state index contributed by atoms with van der Waals surface area (Å²) >= 11 is 0. The van der Waals surface area contributed by atoms with Crippen molar-refractivity contribution in [2.24, 2.45) is 0 Å². The first kappa shape index (κ1) is 56.4. The SMILES string of the molecule is C1=CCCOc2ccc(cc2)-c2ccc3ccc4ccc(nc4c3n2)-c2ccc(cc2)OCCOc2ccc(cc2)OCC1.C1=CCCOc2ccc(cc2)-c2ccc3ccc4ccc(nc4c3n2)-c2ccc(cc2)OCCOc2ccc(cc2)OCC1. The van der Waals surface area contributed by atoms with Gasteiger partial charge in [0.25, 0.3) is 0 Å². The first-order chi connectivity index (χ1) is 43.6. The zero-order valence-electron chi connectivity index (χ0n) is 48.6. The molecule has 0 radical (unpaired) electrons. The highest BCUT2D eigenvalue weighted by Gasteiger charge is 2.13. The van der Waals surface area contributed by atoms with Crippen LogP contribution in [0.2, 0.25) is 0 Å². The predicted molar refractivity (Wildman–Crippen MR) is 349 cm³/mol. The zero-order chi connectivity index (χ0) is 59.1. The van der Waals surface area contributed by atoms with E-state index in [0.717, 1.165) is 160 Å². The summed E-state index contributed by atoms with van der Waals surface area (Å²) in [5.41, 5.74) is 11.2. The predicted octanol–water partition coefficient (Wildman–Crippen LogP) is 17.4. The molecule has 0 spiro atoms. The van der Waals surface area contributed by atoms with Crippen LogP contribution in [-0.4, -0.2) is 72.8 Å². The fraction of sp³-hybridized carbons (Fsp3) is 0.158. The molecule has 8 aliphatic rings. The van der Waals surface area contributed by atoms with Crippen LogP contribution in [-0.2, 0) is 0 Å². The van der Waals surface area contributed by atoms with E-state index in [2.05, 4.69) is 121 Å². The molecular weight excluding hydrogens is 1100 g/mol. The minimum Gasteiger partial charge on any atom is -0.493 e. The fourth-order valence-corrected chi connectivity index (χ4v) is 10.4. The molecule has 0 fully saturated rings. The van der Waals surface area contributed by atoms with Crippen LogP contribution < -0.4 is 37.9 Å². The molecule has 4 aromatic heterocycles. The van der Waals surface area contributed by atoms with Crippen LogP contribution in [0.15, 0.2) is 243 Å². The van der Waals surface area contributed by atoms with Crippen LogP contribution in [0.5, 0.6) is 46.0 Å². The van der Waals surface area contributed by atoms with Crippen molar-refractivity contribution >= 4 is 43.6 Å². The van der Waals surface area contributed by atoms with E-state index in [1.807, 2.05) is 121 Å². The summed E-state index contributed by atoms with van der Waals surface area (Å²) in [5.74, 6) is 6.44. The van der Waals surface area contributed by atoms with Crippen LogP contribution >= 0.6 is 0 Å². The number of benzene rings is 8. The molecule has 12 heterocycles. The summed E-state index contributed by atoms with van der Waals surface area (Å²) in [6, 6.07) is 72.7. The molecule has 12 heteroatoms. The summed E-state index contributed by atoms with van der Waals surface area (Å²) in [7, 11) is 0. The van der Waals surface area contributed by atoms with Crippen molar-refractivity contribution in [1.82, 2.24) is 19.9 Å². The van der Waals surface area contributed by atoms with Gasteiger partial charge in [0.1, 0.15) is 72.4 Å².